The van der Waals surface area contributed by atoms with Crippen molar-refractivity contribution in [3.05, 3.63) is 29.8 Å². The molecule has 4 aromatic rings. The van der Waals surface area contributed by atoms with Gasteiger partial charge in [-0.3, -0.25) is 0 Å². The van der Waals surface area contributed by atoms with Crippen LogP contribution in [-0.2, 0) is 0 Å². The van der Waals surface area contributed by atoms with Gasteiger partial charge in [-0.1, -0.05) is 0 Å². The molecular formula is C27H38N2OS3Sn2. The third kappa shape index (κ3) is 6.12. The maximum absolute atomic E-state index is 6.66. The van der Waals surface area contributed by atoms with Gasteiger partial charge in [0.25, 0.3) is 0 Å². The van der Waals surface area contributed by atoms with E-state index in [-0.39, 0.29) is 0 Å². The van der Waals surface area contributed by atoms with E-state index >= 15 is 0 Å². The fourth-order valence-electron chi connectivity index (χ4n) is 4.27. The Kier molecular flexibility index (Phi) is 8.99. The van der Waals surface area contributed by atoms with Crippen molar-refractivity contribution < 1.29 is 4.74 Å². The number of hydrogen-bond donors (Lipinski definition) is 0. The first-order valence-electron chi connectivity index (χ1n) is 12.7. The minimum absolute atomic E-state index is 0.751. The second-order valence-electron chi connectivity index (χ2n) is 11.4. The number of hydrogen-bond acceptors (Lipinski definition) is 6. The van der Waals surface area contributed by atoms with Crippen molar-refractivity contribution in [2.45, 2.75) is 69.2 Å². The van der Waals surface area contributed by atoms with Gasteiger partial charge in [-0.05, 0) is 0 Å². The van der Waals surface area contributed by atoms with Crippen LogP contribution >= 0.6 is 34.4 Å². The maximum atomic E-state index is 6.66. The van der Waals surface area contributed by atoms with Gasteiger partial charge >= 0.3 is 234 Å². The van der Waals surface area contributed by atoms with Crippen LogP contribution in [0.1, 0.15) is 38.2 Å². The van der Waals surface area contributed by atoms with Crippen molar-refractivity contribution in [3.8, 4) is 26.6 Å². The number of fused-ring (bicyclic) bond motifs is 1. The van der Waals surface area contributed by atoms with Crippen molar-refractivity contribution in [3.63, 3.8) is 0 Å². The molecule has 0 aliphatic rings. The topological polar surface area (TPSA) is 35.0 Å². The number of ether oxygens (including phenoxy) is 1. The average molecular weight is 740 g/mol. The monoisotopic (exact) mass is 742 g/mol. The van der Waals surface area contributed by atoms with Gasteiger partial charge in [0.05, 0.1) is 0 Å². The summed E-state index contributed by atoms with van der Waals surface area (Å²) < 4.78 is 19.5. The minimum atomic E-state index is -2.17. The van der Waals surface area contributed by atoms with E-state index in [9.17, 15) is 0 Å². The molecule has 3 nitrogen and oxygen atoms in total. The van der Waals surface area contributed by atoms with E-state index in [4.69, 9.17) is 13.5 Å². The second kappa shape index (κ2) is 11.3. The summed E-state index contributed by atoms with van der Waals surface area (Å²) in [5.74, 6) is 1.02. The number of nitrogens with zero attached hydrogens (tertiary/aromatic N) is 2. The molecule has 0 unspecified atom stereocenters. The number of aromatic nitrogens is 2. The molecular weight excluding hydrogens is 702 g/mol. The van der Waals surface area contributed by atoms with Crippen LogP contribution in [0.4, 0.5) is 0 Å². The van der Waals surface area contributed by atoms with Crippen molar-refractivity contribution >= 4 is 88.0 Å². The Morgan fingerprint density at radius 3 is 1.80 bits per heavy atom. The molecule has 0 fully saturated rings. The summed E-state index contributed by atoms with van der Waals surface area (Å²) >= 11 is 0.925. The summed E-state index contributed by atoms with van der Waals surface area (Å²) in [5, 5.41) is 0. The third-order valence-electron chi connectivity index (χ3n) is 6.33. The molecule has 3 heterocycles. The summed E-state index contributed by atoms with van der Waals surface area (Å²) in [6.07, 6.45) is 4.80. The van der Waals surface area contributed by atoms with Crippen LogP contribution in [0, 0.1) is 6.92 Å². The SMILES string of the molecule is CCCCCCOc1c(C)c(-c2cc[c]([Sn]([CH3])([CH3])[CH3])s2)c2nsnc2c1-c1cc[c]([Sn]([CH3])([CH3])[CH3])s1. The van der Waals surface area contributed by atoms with Gasteiger partial charge in [-0.15, -0.1) is 0 Å². The predicted octanol–water partition coefficient (Wildman–Crippen LogP) is 8.51. The van der Waals surface area contributed by atoms with Crippen LogP contribution in [0.2, 0.25) is 29.6 Å². The van der Waals surface area contributed by atoms with E-state index in [1.807, 2.05) is 22.7 Å². The fraction of sp³-hybridized carbons (Fsp3) is 0.481. The van der Waals surface area contributed by atoms with Crippen molar-refractivity contribution in [2.24, 2.45) is 0 Å². The van der Waals surface area contributed by atoms with Crippen molar-refractivity contribution in [1.82, 2.24) is 8.75 Å². The van der Waals surface area contributed by atoms with Gasteiger partial charge in [-0.2, -0.15) is 0 Å². The Morgan fingerprint density at radius 1 is 0.743 bits per heavy atom. The number of unbranched alkanes of at least 4 members (excludes halogenated alkanes) is 3. The Balaban J connectivity index is 1.89. The zero-order valence-electron chi connectivity index (χ0n) is 22.4. The molecule has 0 atom stereocenters. The van der Waals surface area contributed by atoms with E-state index in [2.05, 4.69) is 67.8 Å². The standard InChI is InChI=1S/C21H20N2OS3.6CH3.2Sn/c1-3-4-5-6-11-24-21-14(2)17(15-9-7-12-25-15)19-20(23-27-22-19)18(21)16-10-8-13-26-16;;;;;;;;/h7-10H,3-6,11H2,1-2H3;6*1H3;;. The van der Waals surface area contributed by atoms with E-state index in [0.717, 1.165) is 35.4 Å². The molecule has 0 aliphatic heterocycles. The second-order valence-corrected chi connectivity index (χ2v) is 44.9. The van der Waals surface area contributed by atoms with Gasteiger partial charge < -0.3 is 0 Å². The predicted molar refractivity (Wildman–Crippen MR) is 164 cm³/mol. The fourth-order valence-corrected chi connectivity index (χ4v) is 17.6. The Hall–Kier alpha value is -0.163. The van der Waals surface area contributed by atoms with Crippen molar-refractivity contribution in [2.75, 3.05) is 6.61 Å². The molecule has 188 valence electrons. The molecule has 3 aromatic heterocycles. The van der Waals surface area contributed by atoms with E-state index < -0.39 is 36.8 Å². The molecule has 0 bridgehead atoms. The average Bonchev–Trinajstić information content (AvgIpc) is 3.53. The molecule has 4 rings (SSSR count). The van der Waals surface area contributed by atoms with E-state index in [1.165, 1.54) is 51.9 Å². The van der Waals surface area contributed by atoms with E-state index in [0.29, 0.717) is 0 Å². The molecule has 35 heavy (non-hydrogen) atoms. The molecule has 8 heteroatoms. The zero-order valence-corrected chi connectivity index (χ0v) is 30.5. The number of thiophene rings is 2. The van der Waals surface area contributed by atoms with Gasteiger partial charge in [0, 0.05) is 0 Å². The van der Waals surface area contributed by atoms with Crippen molar-refractivity contribution in [1.29, 1.82) is 0 Å². The molecule has 0 spiro atoms. The summed E-state index contributed by atoms with van der Waals surface area (Å²) in [4.78, 5) is 17.5. The quantitative estimate of drug-likeness (QED) is 0.121. The Bertz CT molecular complexity index is 1310. The van der Waals surface area contributed by atoms with Gasteiger partial charge in [0.1, 0.15) is 0 Å². The van der Waals surface area contributed by atoms with Gasteiger partial charge in [0.2, 0.25) is 0 Å². The van der Waals surface area contributed by atoms with Crippen LogP contribution in [0.5, 0.6) is 5.75 Å². The number of benzene rings is 1. The first-order chi connectivity index (χ1) is 16.5. The summed E-state index contributed by atoms with van der Waals surface area (Å²) in [7, 11) is 0. The zero-order chi connectivity index (χ0) is 25.4. The molecule has 0 aliphatic carbocycles. The number of rotatable bonds is 10. The summed E-state index contributed by atoms with van der Waals surface area (Å²) in [6, 6.07) is 9.34. The molecule has 0 saturated heterocycles. The molecule has 0 radical (unpaired) electrons. The molecule has 1 aromatic carbocycles. The van der Waals surface area contributed by atoms with E-state index in [1.54, 1.807) is 5.79 Å². The van der Waals surface area contributed by atoms with Crippen LogP contribution in [0.3, 0.4) is 0 Å². The van der Waals surface area contributed by atoms with Crippen LogP contribution in [0.15, 0.2) is 24.3 Å². The van der Waals surface area contributed by atoms with Gasteiger partial charge in [-0.25, -0.2) is 0 Å². The summed E-state index contributed by atoms with van der Waals surface area (Å²) in [6.45, 7) is 5.24. The Morgan fingerprint density at radius 2 is 1.29 bits per heavy atom. The van der Waals surface area contributed by atoms with Crippen LogP contribution < -0.4 is 10.5 Å². The first-order valence-corrected chi connectivity index (χ1v) is 35.0. The first kappa shape index (κ1) is 27.9. The Labute approximate surface area is 231 Å². The van der Waals surface area contributed by atoms with Gasteiger partial charge in [0.15, 0.2) is 0 Å². The third-order valence-corrected chi connectivity index (χ3v) is 28.0. The van der Waals surface area contributed by atoms with Crippen LogP contribution in [0.25, 0.3) is 31.9 Å². The summed E-state index contributed by atoms with van der Waals surface area (Å²) in [5.41, 5.74) is 5.63. The molecule has 0 amide bonds. The molecule has 0 saturated carbocycles. The molecule has 0 N–H and O–H groups in total. The van der Waals surface area contributed by atoms with Crippen LogP contribution in [-0.4, -0.2) is 52.1 Å². The normalized spacial score (nSPS) is 12.6.